The SMILES string of the molecule is CC1CCCC12CCC(C)(CC#N)O2. The molecule has 14 heavy (non-hydrogen) atoms. The molecule has 2 rings (SSSR count). The van der Waals surface area contributed by atoms with E-state index in [0.29, 0.717) is 12.3 Å². The van der Waals surface area contributed by atoms with E-state index in [1.807, 2.05) is 0 Å². The van der Waals surface area contributed by atoms with Crippen LogP contribution in [0, 0.1) is 17.2 Å². The van der Waals surface area contributed by atoms with Gasteiger partial charge in [-0.15, -0.1) is 0 Å². The van der Waals surface area contributed by atoms with Crippen molar-refractivity contribution in [2.75, 3.05) is 0 Å². The van der Waals surface area contributed by atoms with Gasteiger partial charge in [-0.3, -0.25) is 0 Å². The highest BCUT2D eigenvalue weighted by molar-refractivity contribution is 5.03. The third kappa shape index (κ3) is 1.44. The average Bonchev–Trinajstić information content (AvgIpc) is 2.61. The third-order valence-electron chi connectivity index (χ3n) is 4.11. The maximum Gasteiger partial charge on any atom is 0.0792 e. The number of hydrogen-bond acceptors (Lipinski definition) is 2. The van der Waals surface area contributed by atoms with Crippen LogP contribution < -0.4 is 0 Å². The molecule has 0 radical (unpaired) electrons. The molecule has 2 nitrogen and oxygen atoms in total. The first-order valence-corrected chi connectivity index (χ1v) is 5.67. The van der Waals surface area contributed by atoms with Gasteiger partial charge in [0.2, 0.25) is 0 Å². The van der Waals surface area contributed by atoms with Gasteiger partial charge in [-0.25, -0.2) is 0 Å². The van der Waals surface area contributed by atoms with Gasteiger partial charge in [0.05, 0.1) is 23.7 Å². The molecule has 0 N–H and O–H groups in total. The van der Waals surface area contributed by atoms with Gasteiger partial charge in [0.15, 0.2) is 0 Å². The fourth-order valence-corrected chi connectivity index (χ4v) is 3.10. The van der Waals surface area contributed by atoms with E-state index in [1.165, 1.54) is 19.3 Å². The molecule has 1 saturated carbocycles. The lowest BCUT2D eigenvalue weighted by Gasteiger charge is -2.32. The molecule has 0 bridgehead atoms. The summed E-state index contributed by atoms with van der Waals surface area (Å²) in [5.41, 5.74) is -0.0288. The minimum absolute atomic E-state index is 0.131. The Kier molecular flexibility index (Phi) is 2.31. The molecular formula is C12H19NO. The van der Waals surface area contributed by atoms with Crippen molar-refractivity contribution in [2.24, 2.45) is 5.92 Å². The minimum Gasteiger partial charge on any atom is -0.367 e. The Labute approximate surface area is 86.2 Å². The van der Waals surface area contributed by atoms with Crippen LogP contribution in [0.15, 0.2) is 0 Å². The van der Waals surface area contributed by atoms with E-state index in [2.05, 4.69) is 19.9 Å². The van der Waals surface area contributed by atoms with Crippen molar-refractivity contribution >= 4 is 0 Å². The molecule has 1 aliphatic heterocycles. The summed E-state index contributed by atoms with van der Waals surface area (Å²) in [7, 11) is 0. The molecule has 0 amide bonds. The Bertz CT molecular complexity index is 270. The van der Waals surface area contributed by atoms with Gasteiger partial charge in [0, 0.05) is 0 Å². The minimum atomic E-state index is -0.159. The topological polar surface area (TPSA) is 33.0 Å². The second-order valence-corrected chi connectivity index (χ2v) is 5.24. The van der Waals surface area contributed by atoms with Crippen molar-refractivity contribution in [3.05, 3.63) is 0 Å². The molecule has 2 fully saturated rings. The smallest absolute Gasteiger partial charge is 0.0792 e. The normalized spacial score (nSPS) is 47.1. The van der Waals surface area contributed by atoms with Crippen molar-refractivity contribution < 1.29 is 4.74 Å². The fraction of sp³-hybridized carbons (Fsp3) is 0.917. The molecule has 1 saturated heterocycles. The quantitative estimate of drug-likeness (QED) is 0.641. The summed E-state index contributed by atoms with van der Waals surface area (Å²) in [6.45, 7) is 4.39. The van der Waals surface area contributed by atoms with Crippen LogP contribution in [0.25, 0.3) is 0 Å². The zero-order chi connectivity index (χ0) is 10.2. The molecule has 0 aromatic heterocycles. The lowest BCUT2D eigenvalue weighted by atomic mass is 9.88. The summed E-state index contributed by atoms with van der Waals surface area (Å²) in [4.78, 5) is 0. The molecule has 78 valence electrons. The summed E-state index contributed by atoms with van der Waals surface area (Å²) in [5.74, 6) is 0.683. The second kappa shape index (κ2) is 3.24. The highest BCUT2D eigenvalue weighted by atomic mass is 16.5. The molecule has 1 heterocycles. The van der Waals surface area contributed by atoms with Crippen LogP contribution in [0.5, 0.6) is 0 Å². The first-order chi connectivity index (χ1) is 6.60. The summed E-state index contributed by atoms with van der Waals surface area (Å²) < 4.78 is 6.23. The Morgan fingerprint density at radius 1 is 1.43 bits per heavy atom. The predicted molar refractivity (Wildman–Crippen MR) is 54.7 cm³/mol. The Morgan fingerprint density at radius 3 is 2.79 bits per heavy atom. The van der Waals surface area contributed by atoms with Crippen LogP contribution in [0.3, 0.4) is 0 Å². The average molecular weight is 193 g/mol. The van der Waals surface area contributed by atoms with E-state index in [0.717, 1.165) is 12.8 Å². The second-order valence-electron chi connectivity index (χ2n) is 5.24. The van der Waals surface area contributed by atoms with Gasteiger partial charge in [-0.2, -0.15) is 5.26 Å². The standard InChI is InChI=1S/C12H19NO/c1-10-4-3-5-12(10)7-6-11(2,14-12)8-9-13/h10H,3-8H2,1-2H3. The first kappa shape index (κ1) is 9.98. The summed E-state index contributed by atoms with van der Waals surface area (Å²) in [6, 6.07) is 2.25. The third-order valence-corrected chi connectivity index (χ3v) is 4.11. The molecule has 0 aromatic rings. The van der Waals surface area contributed by atoms with Crippen molar-refractivity contribution in [2.45, 2.75) is 63.6 Å². The maximum absolute atomic E-state index is 8.76. The maximum atomic E-state index is 8.76. The number of nitrogens with zero attached hydrogens (tertiary/aromatic N) is 1. The van der Waals surface area contributed by atoms with Crippen molar-refractivity contribution in [3.63, 3.8) is 0 Å². The molecule has 1 aliphatic carbocycles. The molecular weight excluding hydrogens is 174 g/mol. The molecule has 2 aliphatic rings. The van der Waals surface area contributed by atoms with Gasteiger partial charge in [-0.1, -0.05) is 13.3 Å². The summed E-state index contributed by atoms with van der Waals surface area (Å²) in [6.07, 6.45) is 6.56. The number of ether oxygens (including phenoxy) is 1. The van der Waals surface area contributed by atoms with Crippen molar-refractivity contribution in [1.29, 1.82) is 5.26 Å². The van der Waals surface area contributed by atoms with Crippen LogP contribution in [0.1, 0.15) is 52.4 Å². The van der Waals surface area contributed by atoms with E-state index < -0.39 is 0 Å². The number of nitriles is 1. The first-order valence-electron chi connectivity index (χ1n) is 5.67. The van der Waals surface area contributed by atoms with Gasteiger partial charge < -0.3 is 4.74 Å². The zero-order valence-corrected chi connectivity index (χ0v) is 9.18. The molecule has 3 unspecified atom stereocenters. The van der Waals surface area contributed by atoms with Gasteiger partial charge in [0.25, 0.3) is 0 Å². The largest absolute Gasteiger partial charge is 0.367 e. The highest BCUT2D eigenvalue weighted by Gasteiger charge is 2.51. The van der Waals surface area contributed by atoms with E-state index in [1.54, 1.807) is 0 Å². The van der Waals surface area contributed by atoms with Crippen LogP contribution in [0.2, 0.25) is 0 Å². The Morgan fingerprint density at radius 2 is 2.21 bits per heavy atom. The summed E-state index contributed by atoms with van der Waals surface area (Å²) >= 11 is 0. The van der Waals surface area contributed by atoms with E-state index in [4.69, 9.17) is 10.00 Å². The van der Waals surface area contributed by atoms with Crippen LogP contribution >= 0.6 is 0 Å². The van der Waals surface area contributed by atoms with E-state index in [-0.39, 0.29) is 11.2 Å². The molecule has 2 heteroatoms. The summed E-state index contributed by atoms with van der Waals surface area (Å²) in [5, 5.41) is 8.76. The van der Waals surface area contributed by atoms with E-state index in [9.17, 15) is 0 Å². The lowest BCUT2D eigenvalue weighted by molar-refractivity contribution is -0.108. The van der Waals surface area contributed by atoms with Crippen molar-refractivity contribution in [1.82, 2.24) is 0 Å². The van der Waals surface area contributed by atoms with Gasteiger partial charge in [0.1, 0.15) is 0 Å². The molecule has 3 atom stereocenters. The Balaban J connectivity index is 2.10. The number of rotatable bonds is 1. The Hall–Kier alpha value is -0.550. The highest BCUT2D eigenvalue weighted by Crippen LogP contribution is 2.51. The molecule has 0 aromatic carbocycles. The van der Waals surface area contributed by atoms with Gasteiger partial charge >= 0.3 is 0 Å². The van der Waals surface area contributed by atoms with Crippen LogP contribution in [-0.2, 0) is 4.74 Å². The monoisotopic (exact) mass is 193 g/mol. The van der Waals surface area contributed by atoms with Crippen LogP contribution in [0.4, 0.5) is 0 Å². The zero-order valence-electron chi connectivity index (χ0n) is 9.18. The van der Waals surface area contributed by atoms with Crippen LogP contribution in [-0.4, -0.2) is 11.2 Å². The predicted octanol–water partition coefficient (Wildman–Crippen LogP) is 3.03. The van der Waals surface area contributed by atoms with Gasteiger partial charge in [-0.05, 0) is 38.5 Å². The van der Waals surface area contributed by atoms with E-state index >= 15 is 0 Å². The lowest BCUT2D eigenvalue weighted by Crippen LogP contribution is -2.35. The molecule has 1 spiro atoms. The fourth-order valence-electron chi connectivity index (χ4n) is 3.10. The number of hydrogen-bond donors (Lipinski definition) is 0. The van der Waals surface area contributed by atoms with Crippen molar-refractivity contribution in [3.8, 4) is 6.07 Å².